The molecule has 0 radical (unpaired) electrons. The number of benzene rings is 1. The summed E-state index contributed by atoms with van der Waals surface area (Å²) in [5, 5.41) is 15.3. The van der Waals surface area contributed by atoms with Crippen LogP contribution >= 0.6 is 0 Å². The molecule has 1 saturated carbocycles. The number of anilines is 1. The van der Waals surface area contributed by atoms with Crippen molar-refractivity contribution >= 4 is 11.4 Å². The molecule has 1 saturated heterocycles. The number of piperidine rings is 1. The highest BCUT2D eigenvalue weighted by Gasteiger charge is 2.32. The zero-order chi connectivity index (χ0) is 15.8. The van der Waals surface area contributed by atoms with Gasteiger partial charge in [-0.15, -0.1) is 0 Å². The lowest BCUT2D eigenvalue weighted by atomic mass is 9.95. The van der Waals surface area contributed by atoms with Gasteiger partial charge in [0.15, 0.2) is 5.82 Å². The van der Waals surface area contributed by atoms with Crippen molar-refractivity contribution in [1.29, 1.82) is 0 Å². The van der Waals surface area contributed by atoms with Gasteiger partial charge in [0, 0.05) is 31.0 Å². The highest BCUT2D eigenvalue weighted by molar-refractivity contribution is 5.63. The van der Waals surface area contributed by atoms with Crippen molar-refractivity contribution < 1.29 is 9.45 Å². The highest BCUT2D eigenvalue weighted by Crippen LogP contribution is 2.40. The minimum atomic E-state index is -0.317. The van der Waals surface area contributed by atoms with E-state index in [0.29, 0.717) is 11.6 Å². The fourth-order valence-electron chi connectivity index (χ4n) is 3.17. The van der Waals surface area contributed by atoms with Gasteiger partial charge in [-0.05, 0) is 31.7 Å². The number of rotatable bonds is 4. The molecule has 0 atom stereocenters. The molecule has 23 heavy (non-hydrogen) atoms. The molecule has 2 heterocycles. The average Bonchev–Trinajstić information content (AvgIpc) is 3.32. The van der Waals surface area contributed by atoms with Crippen LogP contribution in [-0.4, -0.2) is 28.2 Å². The molecule has 2 aromatic rings. The van der Waals surface area contributed by atoms with Crippen LogP contribution in [0.1, 0.15) is 49.2 Å². The predicted octanol–water partition coefficient (Wildman–Crippen LogP) is 3.24. The second kappa shape index (κ2) is 5.64. The monoisotopic (exact) mass is 314 g/mol. The average molecular weight is 314 g/mol. The number of nitro groups is 1. The van der Waals surface area contributed by atoms with Gasteiger partial charge in [-0.1, -0.05) is 17.3 Å². The van der Waals surface area contributed by atoms with Gasteiger partial charge >= 0.3 is 0 Å². The largest absolute Gasteiger partial charge is 0.366 e. The van der Waals surface area contributed by atoms with Crippen molar-refractivity contribution in [2.45, 2.75) is 37.5 Å². The molecule has 0 spiro atoms. The molecule has 120 valence electrons. The molecule has 7 nitrogen and oxygen atoms in total. The Kier molecular flexibility index (Phi) is 3.48. The highest BCUT2D eigenvalue weighted by atomic mass is 16.6. The summed E-state index contributed by atoms with van der Waals surface area (Å²) in [7, 11) is 0. The third-order valence-electron chi connectivity index (χ3n) is 4.66. The van der Waals surface area contributed by atoms with E-state index in [1.807, 2.05) is 12.1 Å². The number of aromatic nitrogens is 2. The molecule has 0 amide bonds. The molecular weight excluding hydrogens is 296 g/mol. The fraction of sp³-hybridized carbons (Fsp3) is 0.500. The van der Waals surface area contributed by atoms with E-state index in [1.54, 1.807) is 12.1 Å². The first-order valence-corrected chi connectivity index (χ1v) is 8.04. The van der Waals surface area contributed by atoms with E-state index in [9.17, 15) is 10.1 Å². The molecule has 0 unspecified atom stereocenters. The van der Waals surface area contributed by atoms with Crippen molar-refractivity contribution in [2.75, 3.05) is 18.0 Å². The maximum absolute atomic E-state index is 11.2. The molecule has 0 bridgehead atoms. The van der Waals surface area contributed by atoms with Gasteiger partial charge in [0.05, 0.1) is 4.92 Å². The van der Waals surface area contributed by atoms with Crippen LogP contribution in [0.4, 0.5) is 11.4 Å². The smallest absolute Gasteiger partial charge is 0.292 e. The van der Waals surface area contributed by atoms with E-state index in [1.165, 1.54) is 0 Å². The zero-order valence-corrected chi connectivity index (χ0v) is 12.7. The Morgan fingerprint density at radius 2 is 1.87 bits per heavy atom. The molecule has 1 aromatic carbocycles. The molecule has 1 aromatic heterocycles. The van der Waals surface area contributed by atoms with E-state index in [-0.39, 0.29) is 16.5 Å². The second-order valence-corrected chi connectivity index (χ2v) is 6.27. The summed E-state index contributed by atoms with van der Waals surface area (Å²) in [6.45, 7) is 1.53. The summed E-state index contributed by atoms with van der Waals surface area (Å²) in [6.07, 6.45) is 4.07. The van der Waals surface area contributed by atoms with E-state index in [0.717, 1.165) is 50.5 Å². The van der Waals surface area contributed by atoms with Crippen LogP contribution in [0.3, 0.4) is 0 Å². The van der Waals surface area contributed by atoms with Crippen LogP contribution in [0.15, 0.2) is 28.8 Å². The normalized spacial score (nSPS) is 19.0. The first kappa shape index (κ1) is 14.2. The summed E-state index contributed by atoms with van der Waals surface area (Å²) in [6, 6.07) is 6.92. The van der Waals surface area contributed by atoms with Gasteiger partial charge in [0.2, 0.25) is 5.89 Å². The van der Waals surface area contributed by atoms with Crippen molar-refractivity contribution in [1.82, 2.24) is 10.1 Å². The van der Waals surface area contributed by atoms with Crippen LogP contribution in [0, 0.1) is 10.1 Å². The molecule has 2 aliphatic rings. The van der Waals surface area contributed by atoms with Gasteiger partial charge in [0.25, 0.3) is 5.69 Å². The van der Waals surface area contributed by atoms with E-state index in [4.69, 9.17) is 4.52 Å². The first-order chi connectivity index (χ1) is 11.2. The minimum absolute atomic E-state index is 0.168. The van der Waals surface area contributed by atoms with Crippen LogP contribution in [-0.2, 0) is 0 Å². The topological polar surface area (TPSA) is 85.3 Å². The Labute approximate surface area is 133 Å². The molecule has 4 rings (SSSR count). The van der Waals surface area contributed by atoms with Crippen molar-refractivity contribution in [3.05, 3.63) is 46.1 Å². The summed E-state index contributed by atoms with van der Waals surface area (Å²) >= 11 is 0. The molecule has 1 aliphatic heterocycles. The number of hydrogen-bond donors (Lipinski definition) is 0. The van der Waals surface area contributed by atoms with Crippen LogP contribution in [0.2, 0.25) is 0 Å². The van der Waals surface area contributed by atoms with Gasteiger partial charge in [-0.25, -0.2) is 0 Å². The maximum Gasteiger partial charge on any atom is 0.292 e. The molecule has 1 aliphatic carbocycles. The van der Waals surface area contributed by atoms with Gasteiger partial charge in [-0.2, -0.15) is 4.98 Å². The Balaban J connectivity index is 1.45. The zero-order valence-electron chi connectivity index (χ0n) is 12.7. The maximum atomic E-state index is 11.2. The van der Waals surface area contributed by atoms with E-state index >= 15 is 0 Å². The number of para-hydroxylation sites is 2. The number of nitro benzene ring substituents is 1. The van der Waals surface area contributed by atoms with Crippen LogP contribution in [0.25, 0.3) is 0 Å². The van der Waals surface area contributed by atoms with Gasteiger partial charge < -0.3 is 9.42 Å². The predicted molar refractivity (Wildman–Crippen MR) is 83.6 cm³/mol. The van der Waals surface area contributed by atoms with E-state index in [2.05, 4.69) is 15.0 Å². The fourth-order valence-corrected chi connectivity index (χ4v) is 3.17. The molecule has 7 heteroatoms. The van der Waals surface area contributed by atoms with Crippen LogP contribution in [0.5, 0.6) is 0 Å². The molecular formula is C16H18N4O3. The SMILES string of the molecule is O=[N+]([O-])c1ccccc1N1CCC(c2noc(C3CC3)n2)CC1. The molecule has 2 fully saturated rings. The summed E-state index contributed by atoms with van der Waals surface area (Å²) in [5.74, 6) is 2.34. The van der Waals surface area contributed by atoms with E-state index < -0.39 is 0 Å². The Morgan fingerprint density at radius 1 is 1.13 bits per heavy atom. The Morgan fingerprint density at radius 3 is 2.57 bits per heavy atom. The summed E-state index contributed by atoms with van der Waals surface area (Å²) in [4.78, 5) is 17.5. The lowest BCUT2D eigenvalue weighted by molar-refractivity contribution is -0.384. The summed E-state index contributed by atoms with van der Waals surface area (Å²) < 4.78 is 5.34. The Hall–Kier alpha value is -2.44. The standard InChI is InChI=1S/C16H18N4O3/c21-20(22)14-4-2-1-3-13(14)19-9-7-11(8-10-19)15-17-16(23-18-15)12-5-6-12/h1-4,11-12H,5-10H2. The van der Waals surface area contributed by atoms with Gasteiger partial charge in [-0.3, -0.25) is 10.1 Å². The Bertz CT molecular complexity index is 718. The lowest BCUT2D eigenvalue weighted by Crippen LogP contribution is -2.33. The first-order valence-electron chi connectivity index (χ1n) is 8.04. The minimum Gasteiger partial charge on any atom is -0.366 e. The van der Waals surface area contributed by atoms with Crippen molar-refractivity contribution in [2.24, 2.45) is 0 Å². The molecule has 0 N–H and O–H groups in total. The van der Waals surface area contributed by atoms with Crippen molar-refractivity contribution in [3.63, 3.8) is 0 Å². The van der Waals surface area contributed by atoms with Crippen molar-refractivity contribution in [3.8, 4) is 0 Å². The third-order valence-corrected chi connectivity index (χ3v) is 4.66. The number of hydrogen-bond acceptors (Lipinski definition) is 6. The van der Waals surface area contributed by atoms with Crippen LogP contribution < -0.4 is 4.90 Å². The summed E-state index contributed by atoms with van der Waals surface area (Å²) in [5.41, 5.74) is 0.865. The lowest BCUT2D eigenvalue weighted by Gasteiger charge is -2.31. The van der Waals surface area contributed by atoms with Gasteiger partial charge in [0.1, 0.15) is 5.69 Å². The third kappa shape index (κ3) is 2.78. The quantitative estimate of drug-likeness (QED) is 0.636. The number of nitrogens with zero attached hydrogens (tertiary/aromatic N) is 4. The second-order valence-electron chi connectivity index (χ2n) is 6.27.